The molecule has 1 amide bonds. The highest BCUT2D eigenvalue weighted by Gasteiger charge is 2.21. The van der Waals surface area contributed by atoms with Gasteiger partial charge < -0.3 is 4.90 Å². The molecule has 0 saturated carbocycles. The van der Waals surface area contributed by atoms with Gasteiger partial charge in [0.2, 0.25) is 5.91 Å². The van der Waals surface area contributed by atoms with Crippen LogP contribution in [0.4, 0.5) is 0 Å². The van der Waals surface area contributed by atoms with Crippen LogP contribution in [0.5, 0.6) is 0 Å². The van der Waals surface area contributed by atoms with Gasteiger partial charge in [-0.25, -0.2) is 0 Å². The highest BCUT2D eigenvalue weighted by Crippen LogP contribution is 2.19. The van der Waals surface area contributed by atoms with Crippen LogP contribution in [0.15, 0.2) is 66.7 Å². The molecule has 0 aliphatic carbocycles. The van der Waals surface area contributed by atoms with Crippen LogP contribution < -0.4 is 0 Å². The van der Waals surface area contributed by atoms with Gasteiger partial charge in [-0.05, 0) is 47.0 Å². The SMILES string of the molecule is CN(CC(=O)N1CCc2ccccc2C1)Cc1ccc2ccccc2c1. The smallest absolute Gasteiger partial charge is 0.237 e. The number of carbonyl (C=O) groups is 1. The van der Waals surface area contributed by atoms with Crippen molar-refractivity contribution in [1.29, 1.82) is 0 Å². The first-order valence-corrected chi connectivity index (χ1v) is 9.20. The number of fused-ring (bicyclic) bond motifs is 2. The van der Waals surface area contributed by atoms with Crippen molar-refractivity contribution in [3.05, 3.63) is 83.4 Å². The Bertz CT molecular complexity index is 934. The number of carbonyl (C=O) groups excluding carboxylic acids is 1. The van der Waals surface area contributed by atoms with Crippen LogP contribution in [0.3, 0.4) is 0 Å². The summed E-state index contributed by atoms with van der Waals surface area (Å²) < 4.78 is 0. The molecule has 0 atom stereocenters. The van der Waals surface area contributed by atoms with E-state index in [9.17, 15) is 4.79 Å². The van der Waals surface area contributed by atoms with Crippen LogP contribution in [-0.2, 0) is 24.3 Å². The van der Waals surface area contributed by atoms with E-state index >= 15 is 0 Å². The average molecular weight is 344 g/mol. The Hall–Kier alpha value is -2.65. The normalized spacial score (nSPS) is 13.8. The molecule has 1 aliphatic heterocycles. The minimum atomic E-state index is 0.211. The number of nitrogens with zero attached hydrogens (tertiary/aromatic N) is 2. The number of likely N-dealkylation sites (N-methyl/N-ethyl adjacent to an activating group) is 1. The zero-order valence-corrected chi connectivity index (χ0v) is 15.2. The van der Waals surface area contributed by atoms with Gasteiger partial charge in [-0.15, -0.1) is 0 Å². The van der Waals surface area contributed by atoms with Gasteiger partial charge in [0, 0.05) is 19.6 Å². The molecule has 3 nitrogen and oxygen atoms in total. The quantitative estimate of drug-likeness (QED) is 0.718. The summed E-state index contributed by atoms with van der Waals surface area (Å²) in [6.07, 6.45) is 0.955. The monoisotopic (exact) mass is 344 g/mol. The van der Waals surface area contributed by atoms with Crippen molar-refractivity contribution in [2.45, 2.75) is 19.5 Å². The summed E-state index contributed by atoms with van der Waals surface area (Å²) in [5.41, 5.74) is 3.90. The van der Waals surface area contributed by atoms with Gasteiger partial charge in [0.25, 0.3) is 0 Å². The third-order valence-corrected chi connectivity index (χ3v) is 5.15. The molecule has 0 fully saturated rings. The number of rotatable bonds is 4. The first kappa shape index (κ1) is 16.8. The molecule has 132 valence electrons. The molecule has 0 aromatic heterocycles. The van der Waals surface area contributed by atoms with Crippen molar-refractivity contribution < 1.29 is 4.79 Å². The molecule has 3 heteroatoms. The van der Waals surface area contributed by atoms with Crippen molar-refractivity contribution >= 4 is 16.7 Å². The Morgan fingerprint density at radius 2 is 1.69 bits per heavy atom. The van der Waals surface area contributed by atoms with Gasteiger partial charge >= 0.3 is 0 Å². The van der Waals surface area contributed by atoms with Crippen molar-refractivity contribution in [2.24, 2.45) is 0 Å². The lowest BCUT2D eigenvalue weighted by Crippen LogP contribution is -2.41. The van der Waals surface area contributed by atoms with E-state index in [1.807, 2.05) is 11.9 Å². The lowest BCUT2D eigenvalue weighted by Gasteiger charge is -2.30. The fourth-order valence-electron chi connectivity index (χ4n) is 3.74. The molecule has 0 bridgehead atoms. The van der Waals surface area contributed by atoms with E-state index in [4.69, 9.17) is 0 Å². The third-order valence-electron chi connectivity index (χ3n) is 5.15. The molecule has 3 aromatic carbocycles. The van der Waals surface area contributed by atoms with E-state index in [1.54, 1.807) is 0 Å². The highest BCUT2D eigenvalue weighted by atomic mass is 16.2. The first-order valence-electron chi connectivity index (χ1n) is 9.20. The zero-order valence-electron chi connectivity index (χ0n) is 15.2. The summed E-state index contributed by atoms with van der Waals surface area (Å²) in [6.45, 7) is 2.79. The van der Waals surface area contributed by atoms with E-state index in [2.05, 4.69) is 71.6 Å². The molecule has 0 unspecified atom stereocenters. The largest absolute Gasteiger partial charge is 0.337 e. The second-order valence-corrected chi connectivity index (χ2v) is 7.19. The summed E-state index contributed by atoms with van der Waals surface area (Å²) >= 11 is 0. The Balaban J connectivity index is 1.38. The van der Waals surface area contributed by atoms with E-state index in [-0.39, 0.29) is 5.91 Å². The Labute approximate surface area is 154 Å². The van der Waals surface area contributed by atoms with Crippen LogP contribution in [0.1, 0.15) is 16.7 Å². The van der Waals surface area contributed by atoms with Crippen LogP contribution in [0.2, 0.25) is 0 Å². The maximum Gasteiger partial charge on any atom is 0.237 e. The average Bonchev–Trinajstić information content (AvgIpc) is 2.67. The van der Waals surface area contributed by atoms with Crippen LogP contribution >= 0.6 is 0 Å². The molecule has 0 saturated heterocycles. The Morgan fingerprint density at radius 3 is 2.54 bits per heavy atom. The minimum absolute atomic E-state index is 0.211. The molecule has 4 rings (SSSR count). The number of hydrogen-bond donors (Lipinski definition) is 0. The van der Waals surface area contributed by atoms with Crippen molar-refractivity contribution in [1.82, 2.24) is 9.80 Å². The molecule has 26 heavy (non-hydrogen) atoms. The molecule has 0 N–H and O–H groups in total. The van der Waals surface area contributed by atoms with Gasteiger partial charge in [-0.2, -0.15) is 0 Å². The van der Waals surface area contributed by atoms with Crippen LogP contribution in [0, 0.1) is 0 Å². The molecule has 3 aromatic rings. The summed E-state index contributed by atoms with van der Waals surface area (Å²) in [4.78, 5) is 16.8. The predicted octanol–water partition coefficient (Wildman–Crippen LogP) is 3.86. The van der Waals surface area contributed by atoms with E-state index in [0.717, 1.165) is 26.1 Å². The number of hydrogen-bond acceptors (Lipinski definition) is 2. The zero-order chi connectivity index (χ0) is 17.9. The van der Waals surface area contributed by atoms with Gasteiger partial charge in [0.15, 0.2) is 0 Å². The van der Waals surface area contributed by atoms with Crippen LogP contribution in [-0.4, -0.2) is 35.8 Å². The first-order chi connectivity index (χ1) is 12.7. The van der Waals surface area contributed by atoms with Crippen molar-refractivity contribution in [3.63, 3.8) is 0 Å². The Kier molecular flexibility index (Phi) is 4.72. The molecule has 0 radical (unpaired) electrons. The molecular formula is C23H24N2O. The summed E-state index contributed by atoms with van der Waals surface area (Å²) in [7, 11) is 2.02. The second-order valence-electron chi connectivity index (χ2n) is 7.19. The summed E-state index contributed by atoms with van der Waals surface area (Å²) in [5.74, 6) is 0.211. The number of amides is 1. The molecule has 1 aliphatic rings. The van der Waals surface area contributed by atoms with E-state index < -0.39 is 0 Å². The summed E-state index contributed by atoms with van der Waals surface area (Å²) in [6, 6.07) is 23.3. The van der Waals surface area contributed by atoms with E-state index in [0.29, 0.717) is 6.54 Å². The van der Waals surface area contributed by atoms with Crippen LogP contribution in [0.25, 0.3) is 10.8 Å². The molecular weight excluding hydrogens is 320 g/mol. The Morgan fingerprint density at radius 1 is 0.962 bits per heavy atom. The second kappa shape index (κ2) is 7.30. The fraction of sp³-hybridized carbons (Fsp3) is 0.261. The third kappa shape index (κ3) is 3.63. The maximum atomic E-state index is 12.7. The fourth-order valence-corrected chi connectivity index (χ4v) is 3.74. The molecule has 0 spiro atoms. The lowest BCUT2D eigenvalue weighted by molar-refractivity contribution is -0.133. The predicted molar refractivity (Wildman–Crippen MR) is 106 cm³/mol. The van der Waals surface area contributed by atoms with Crippen molar-refractivity contribution in [2.75, 3.05) is 20.1 Å². The molecule has 1 heterocycles. The van der Waals surface area contributed by atoms with E-state index in [1.165, 1.54) is 27.5 Å². The standard InChI is InChI=1S/C23H24N2O/c1-24(15-18-10-11-19-6-2-4-8-21(19)14-18)17-23(26)25-13-12-20-7-3-5-9-22(20)16-25/h2-11,14H,12-13,15-17H2,1H3. The van der Waals surface area contributed by atoms with Gasteiger partial charge in [0.05, 0.1) is 6.54 Å². The van der Waals surface area contributed by atoms with Gasteiger partial charge in [0.1, 0.15) is 0 Å². The lowest BCUT2D eigenvalue weighted by atomic mass is 10.00. The minimum Gasteiger partial charge on any atom is -0.337 e. The van der Waals surface area contributed by atoms with Crippen molar-refractivity contribution in [3.8, 4) is 0 Å². The highest BCUT2D eigenvalue weighted by molar-refractivity contribution is 5.83. The summed E-state index contributed by atoms with van der Waals surface area (Å²) in [5, 5.41) is 2.50. The topological polar surface area (TPSA) is 23.6 Å². The van der Waals surface area contributed by atoms with Gasteiger partial charge in [-0.3, -0.25) is 9.69 Å². The number of benzene rings is 3. The maximum absolute atomic E-state index is 12.7. The van der Waals surface area contributed by atoms with Gasteiger partial charge in [-0.1, -0.05) is 60.7 Å².